The molecule has 5 N–H and O–H groups in total. The molecule has 2 aliphatic heterocycles. The second-order valence-corrected chi connectivity index (χ2v) is 5.47. The lowest BCUT2D eigenvalue weighted by atomic mass is 9.69. The minimum atomic E-state index is -1.82. The van der Waals surface area contributed by atoms with Crippen LogP contribution >= 0.6 is 0 Å². The number of benzene rings is 1. The first-order chi connectivity index (χ1) is 10.4. The number of amides is 2. The molecule has 2 amide bonds. The number of nitrogens with two attached hydrogens (primary N) is 1. The smallest absolute Gasteiger partial charge is 0.247 e. The highest BCUT2D eigenvalue weighted by Gasteiger charge is 2.69. The zero-order chi connectivity index (χ0) is 16.1. The van der Waals surface area contributed by atoms with E-state index in [0.29, 0.717) is 5.56 Å². The topological polar surface area (TPSA) is 128 Å². The van der Waals surface area contributed by atoms with E-state index in [1.54, 1.807) is 37.3 Å². The van der Waals surface area contributed by atoms with Crippen LogP contribution < -0.4 is 16.4 Å². The molecule has 2 heterocycles. The SMILES string of the molecule is C[C@@H]1[C@]2(C(=O)NC(N)=C2C#N)C(=O)N[C@]1(O)c1ccccc1. The molecule has 1 saturated heterocycles. The third-order valence-corrected chi connectivity index (χ3v) is 4.53. The molecule has 0 aromatic heterocycles. The first-order valence-electron chi connectivity index (χ1n) is 6.71. The number of hydrogen-bond acceptors (Lipinski definition) is 5. The summed E-state index contributed by atoms with van der Waals surface area (Å²) in [6, 6.07) is 10.3. The quantitative estimate of drug-likeness (QED) is 0.515. The van der Waals surface area contributed by atoms with Crippen molar-refractivity contribution in [1.29, 1.82) is 5.26 Å². The Morgan fingerprint density at radius 1 is 1.27 bits per heavy atom. The molecule has 7 nitrogen and oxygen atoms in total. The minimum Gasteiger partial charge on any atom is -0.384 e. The van der Waals surface area contributed by atoms with Crippen molar-refractivity contribution in [2.45, 2.75) is 12.6 Å². The van der Waals surface area contributed by atoms with Gasteiger partial charge in [0.2, 0.25) is 11.8 Å². The third-order valence-electron chi connectivity index (χ3n) is 4.53. The van der Waals surface area contributed by atoms with Crippen molar-refractivity contribution in [2.75, 3.05) is 0 Å². The number of aliphatic hydroxyl groups is 1. The molecule has 1 aromatic carbocycles. The van der Waals surface area contributed by atoms with E-state index < -0.39 is 28.9 Å². The number of nitrogens with zero attached hydrogens (tertiary/aromatic N) is 1. The summed E-state index contributed by atoms with van der Waals surface area (Å²) in [6.45, 7) is 1.54. The standard InChI is InChI=1S/C15H14N4O3/c1-8-14(10(7-16)11(17)18-12(14)20)13(21)19-15(8,22)9-5-3-2-4-6-9/h2-6,8,22H,17H2,1H3,(H,18,20)(H,19,21)/t8-,14+,15-/m1/s1. The van der Waals surface area contributed by atoms with Gasteiger partial charge in [0.15, 0.2) is 11.1 Å². The van der Waals surface area contributed by atoms with Gasteiger partial charge in [-0.1, -0.05) is 37.3 Å². The van der Waals surface area contributed by atoms with Crippen LogP contribution in [0.2, 0.25) is 0 Å². The Labute approximate surface area is 126 Å². The Morgan fingerprint density at radius 2 is 1.91 bits per heavy atom. The third kappa shape index (κ3) is 1.42. The molecule has 0 radical (unpaired) electrons. The minimum absolute atomic E-state index is 0.146. The van der Waals surface area contributed by atoms with E-state index in [0.717, 1.165) is 0 Å². The first kappa shape index (κ1) is 14.1. The summed E-state index contributed by atoms with van der Waals surface area (Å²) >= 11 is 0. The lowest BCUT2D eigenvalue weighted by molar-refractivity contribution is -0.138. The van der Waals surface area contributed by atoms with Crippen LogP contribution in [0, 0.1) is 22.7 Å². The second kappa shape index (κ2) is 4.32. The number of rotatable bonds is 1. The molecular weight excluding hydrogens is 284 g/mol. The average Bonchev–Trinajstić information content (AvgIpc) is 2.88. The molecule has 0 unspecified atom stereocenters. The predicted molar refractivity (Wildman–Crippen MR) is 75.0 cm³/mol. The normalized spacial score (nSPS) is 33.8. The van der Waals surface area contributed by atoms with E-state index >= 15 is 0 Å². The number of nitriles is 1. The first-order valence-corrected chi connectivity index (χ1v) is 6.71. The fraction of sp³-hybridized carbons (Fsp3) is 0.267. The Morgan fingerprint density at radius 3 is 2.50 bits per heavy atom. The van der Waals surface area contributed by atoms with Gasteiger partial charge in [-0.05, 0) is 0 Å². The Bertz CT molecular complexity index is 752. The molecule has 1 spiro atoms. The van der Waals surface area contributed by atoms with Crippen molar-refractivity contribution in [2.24, 2.45) is 17.1 Å². The van der Waals surface area contributed by atoms with E-state index in [2.05, 4.69) is 10.6 Å². The fourth-order valence-electron chi connectivity index (χ4n) is 3.29. The van der Waals surface area contributed by atoms with E-state index in [1.807, 2.05) is 6.07 Å². The zero-order valence-corrected chi connectivity index (χ0v) is 11.8. The van der Waals surface area contributed by atoms with E-state index in [-0.39, 0.29) is 11.4 Å². The highest BCUT2D eigenvalue weighted by molar-refractivity contribution is 6.14. The highest BCUT2D eigenvalue weighted by Crippen LogP contribution is 2.52. The largest absolute Gasteiger partial charge is 0.384 e. The molecule has 0 saturated carbocycles. The van der Waals surface area contributed by atoms with Crippen molar-refractivity contribution in [3.63, 3.8) is 0 Å². The second-order valence-electron chi connectivity index (χ2n) is 5.47. The van der Waals surface area contributed by atoms with Gasteiger partial charge in [0.25, 0.3) is 0 Å². The van der Waals surface area contributed by atoms with Crippen LogP contribution in [0.15, 0.2) is 41.7 Å². The van der Waals surface area contributed by atoms with Crippen LogP contribution in [-0.4, -0.2) is 16.9 Å². The average molecular weight is 298 g/mol. The maximum absolute atomic E-state index is 12.6. The van der Waals surface area contributed by atoms with Crippen LogP contribution in [-0.2, 0) is 15.3 Å². The zero-order valence-electron chi connectivity index (χ0n) is 11.8. The summed E-state index contributed by atoms with van der Waals surface area (Å²) < 4.78 is 0. The Hall–Kier alpha value is -2.85. The summed E-state index contributed by atoms with van der Waals surface area (Å²) in [5.74, 6) is -2.49. The van der Waals surface area contributed by atoms with Gasteiger partial charge in [-0.15, -0.1) is 0 Å². The predicted octanol–water partition coefficient (Wildman–Crippen LogP) is -0.592. The van der Waals surface area contributed by atoms with Crippen LogP contribution in [0.5, 0.6) is 0 Å². The van der Waals surface area contributed by atoms with Crippen LogP contribution in [0.4, 0.5) is 0 Å². The van der Waals surface area contributed by atoms with Gasteiger partial charge < -0.3 is 21.5 Å². The summed E-state index contributed by atoms with van der Waals surface area (Å²) in [5, 5.41) is 25.1. The van der Waals surface area contributed by atoms with Gasteiger partial charge in [-0.25, -0.2) is 0 Å². The van der Waals surface area contributed by atoms with Gasteiger partial charge in [-0.2, -0.15) is 5.26 Å². The fourth-order valence-corrected chi connectivity index (χ4v) is 3.29. The van der Waals surface area contributed by atoms with Gasteiger partial charge in [0.05, 0.1) is 5.57 Å². The molecule has 2 aliphatic rings. The number of carbonyl (C=O) groups excluding carboxylic acids is 2. The molecule has 1 fully saturated rings. The summed E-state index contributed by atoms with van der Waals surface area (Å²) in [7, 11) is 0. The molecule has 112 valence electrons. The van der Waals surface area contributed by atoms with Crippen molar-refractivity contribution in [1.82, 2.24) is 10.6 Å². The van der Waals surface area contributed by atoms with Gasteiger partial charge in [0.1, 0.15) is 11.9 Å². The summed E-state index contributed by atoms with van der Waals surface area (Å²) in [5.41, 5.74) is 2.35. The molecule has 0 aliphatic carbocycles. The van der Waals surface area contributed by atoms with E-state index in [9.17, 15) is 20.0 Å². The summed E-state index contributed by atoms with van der Waals surface area (Å²) in [4.78, 5) is 24.9. The monoisotopic (exact) mass is 298 g/mol. The molecule has 1 aromatic rings. The van der Waals surface area contributed by atoms with Crippen molar-refractivity contribution in [3.05, 3.63) is 47.3 Å². The summed E-state index contributed by atoms with van der Waals surface area (Å²) in [6.07, 6.45) is 0. The number of nitrogens with one attached hydrogen (secondary N) is 2. The molecule has 3 rings (SSSR count). The van der Waals surface area contributed by atoms with Gasteiger partial charge >= 0.3 is 0 Å². The molecule has 22 heavy (non-hydrogen) atoms. The van der Waals surface area contributed by atoms with Crippen molar-refractivity contribution in [3.8, 4) is 6.07 Å². The van der Waals surface area contributed by atoms with Gasteiger partial charge in [-0.3, -0.25) is 9.59 Å². The maximum atomic E-state index is 12.6. The lowest BCUT2D eigenvalue weighted by Crippen LogP contribution is -2.45. The van der Waals surface area contributed by atoms with Gasteiger partial charge in [0, 0.05) is 11.5 Å². The number of hydrogen-bond donors (Lipinski definition) is 4. The maximum Gasteiger partial charge on any atom is 0.247 e. The van der Waals surface area contributed by atoms with Crippen molar-refractivity contribution < 1.29 is 14.7 Å². The van der Waals surface area contributed by atoms with Crippen LogP contribution in [0.3, 0.4) is 0 Å². The molecular formula is C15H14N4O3. The Kier molecular flexibility index (Phi) is 2.77. The van der Waals surface area contributed by atoms with Crippen LogP contribution in [0.25, 0.3) is 0 Å². The molecule has 7 heteroatoms. The molecule has 3 atom stereocenters. The number of carbonyl (C=O) groups is 2. The Balaban J connectivity index is 2.20. The van der Waals surface area contributed by atoms with Crippen molar-refractivity contribution >= 4 is 11.8 Å². The van der Waals surface area contributed by atoms with Crippen LogP contribution in [0.1, 0.15) is 12.5 Å². The van der Waals surface area contributed by atoms with E-state index in [4.69, 9.17) is 5.73 Å². The molecule has 0 bridgehead atoms. The highest BCUT2D eigenvalue weighted by atomic mass is 16.3. The van der Waals surface area contributed by atoms with E-state index in [1.165, 1.54) is 0 Å². The lowest BCUT2D eigenvalue weighted by Gasteiger charge is -2.31.